The van der Waals surface area contributed by atoms with Crippen molar-refractivity contribution < 1.29 is 19.0 Å². The molecule has 1 aromatic heterocycles. The van der Waals surface area contributed by atoms with Crippen molar-refractivity contribution in [3.63, 3.8) is 0 Å². The minimum Gasteiger partial charge on any atom is -0.491 e. The average Bonchev–Trinajstić information content (AvgIpc) is 2.64. The monoisotopic (exact) mass is 401 g/mol. The first-order valence-electron chi connectivity index (χ1n) is 8.12. The van der Waals surface area contributed by atoms with Crippen LogP contribution < -0.4 is 26.1 Å². The molecule has 0 radical (unpaired) electrons. The Morgan fingerprint density at radius 3 is 2.63 bits per heavy atom. The minimum absolute atomic E-state index is 0. The fraction of sp³-hybridized carbons (Fsp3) is 0.412. The van der Waals surface area contributed by atoms with E-state index < -0.39 is 11.6 Å². The lowest BCUT2D eigenvalue weighted by Crippen LogP contribution is -2.48. The van der Waals surface area contributed by atoms with Gasteiger partial charge in [0.2, 0.25) is 5.88 Å². The first-order valence-corrected chi connectivity index (χ1v) is 8.12. The van der Waals surface area contributed by atoms with Gasteiger partial charge in [0.05, 0.1) is 0 Å². The van der Waals surface area contributed by atoms with Crippen LogP contribution in [0, 0.1) is 5.82 Å². The highest BCUT2D eigenvalue weighted by molar-refractivity contribution is 5.85. The van der Waals surface area contributed by atoms with Crippen LogP contribution in [0.3, 0.4) is 0 Å². The van der Waals surface area contributed by atoms with E-state index in [0.717, 1.165) is 0 Å². The molecule has 0 saturated carbocycles. The number of anilines is 1. The molecule has 10 heteroatoms. The summed E-state index contributed by atoms with van der Waals surface area (Å²) in [5.41, 5.74) is 1.96. The molecule has 2 rings (SSSR count). The fourth-order valence-corrected chi connectivity index (χ4v) is 1.98. The van der Waals surface area contributed by atoms with Crippen LogP contribution in [0.4, 0.5) is 10.2 Å². The van der Waals surface area contributed by atoms with Crippen molar-refractivity contribution in [1.29, 1.82) is 0 Å². The normalized spacial score (nSPS) is 12.0. The molecule has 27 heavy (non-hydrogen) atoms. The number of β-amino-alcohol motifs (C(OH)–C–C–N with tert-alkyl or cyclic N) is 1. The first-order chi connectivity index (χ1) is 12.4. The number of benzene rings is 1. The predicted molar refractivity (Wildman–Crippen MR) is 103 cm³/mol. The summed E-state index contributed by atoms with van der Waals surface area (Å²) in [6, 6.07) is 9.08. The summed E-state index contributed by atoms with van der Waals surface area (Å²) >= 11 is 0. The van der Waals surface area contributed by atoms with Crippen LogP contribution in [-0.2, 0) is 0 Å². The maximum Gasteiger partial charge on any atom is 0.233 e. The molecule has 0 amide bonds. The van der Waals surface area contributed by atoms with E-state index in [2.05, 4.69) is 20.9 Å². The standard InChI is InChI=1S/C17H24FN5O3.ClH/c1-17(2,11-26-16-7-6-15(21-19)22-23-16)20-9-13(24)10-25-14-5-3-4-12(18)8-14;/h3-8,13,20,24H,9-11,19H2,1-2H3,(H,21,22);1H. The molecule has 8 nitrogen and oxygen atoms in total. The summed E-state index contributed by atoms with van der Waals surface area (Å²) in [5, 5.41) is 20.9. The van der Waals surface area contributed by atoms with Gasteiger partial charge in [-0.1, -0.05) is 6.07 Å². The molecule has 0 aliphatic carbocycles. The van der Waals surface area contributed by atoms with Crippen LogP contribution in [0.25, 0.3) is 0 Å². The zero-order chi connectivity index (χ0) is 19.0. The van der Waals surface area contributed by atoms with Crippen LogP contribution in [0.5, 0.6) is 11.6 Å². The Labute approximate surface area is 163 Å². The van der Waals surface area contributed by atoms with Gasteiger partial charge in [-0.15, -0.1) is 22.6 Å². The Bertz CT molecular complexity index is 691. The lowest BCUT2D eigenvalue weighted by molar-refractivity contribution is 0.0921. The number of nitrogens with one attached hydrogen (secondary N) is 2. The predicted octanol–water partition coefficient (Wildman–Crippen LogP) is 1.51. The number of hydrogen-bond donors (Lipinski definition) is 4. The van der Waals surface area contributed by atoms with Crippen LogP contribution in [0.15, 0.2) is 36.4 Å². The van der Waals surface area contributed by atoms with Crippen molar-refractivity contribution in [3.8, 4) is 11.6 Å². The van der Waals surface area contributed by atoms with Gasteiger partial charge in [0.1, 0.15) is 30.9 Å². The molecule has 150 valence electrons. The Balaban J connectivity index is 0.00000364. The number of ether oxygens (including phenoxy) is 2. The number of aliphatic hydroxyl groups is 1. The fourth-order valence-electron chi connectivity index (χ4n) is 1.98. The zero-order valence-electron chi connectivity index (χ0n) is 15.2. The third-order valence-corrected chi connectivity index (χ3v) is 3.42. The highest BCUT2D eigenvalue weighted by Crippen LogP contribution is 2.13. The lowest BCUT2D eigenvalue weighted by Gasteiger charge is -2.27. The van der Waals surface area contributed by atoms with E-state index in [0.29, 0.717) is 24.1 Å². The minimum atomic E-state index is -0.757. The summed E-state index contributed by atoms with van der Waals surface area (Å²) < 4.78 is 24.0. The highest BCUT2D eigenvalue weighted by Gasteiger charge is 2.20. The maximum atomic E-state index is 13.1. The molecule has 0 fully saturated rings. The molecule has 0 bridgehead atoms. The Hall–Kier alpha value is -2.20. The van der Waals surface area contributed by atoms with Gasteiger partial charge in [-0.05, 0) is 32.0 Å². The largest absolute Gasteiger partial charge is 0.491 e. The first kappa shape index (κ1) is 22.8. The third kappa shape index (κ3) is 8.35. The second-order valence-corrected chi connectivity index (χ2v) is 6.38. The molecule has 0 aliphatic heterocycles. The van der Waals surface area contributed by atoms with Gasteiger partial charge in [0.25, 0.3) is 0 Å². The van der Waals surface area contributed by atoms with Crippen LogP contribution in [-0.4, -0.2) is 46.7 Å². The van der Waals surface area contributed by atoms with Gasteiger partial charge < -0.3 is 25.3 Å². The topological polar surface area (TPSA) is 115 Å². The summed E-state index contributed by atoms with van der Waals surface area (Å²) in [6.45, 7) is 4.50. The Morgan fingerprint density at radius 2 is 2.00 bits per heavy atom. The van der Waals surface area contributed by atoms with Crippen molar-refractivity contribution in [1.82, 2.24) is 15.5 Å². The number of hydrogen-bond acceptors (Lipinski definition) is 8. The third-order valence-electron chi connectivity index (χ3n) is 3.42. The Morgan fingerprint density at radius 1 is 1.22 bits per heavy atom. The van der Waals surface area contributed by atoms with E-state index >= 15 is 0 Å². The smallest absolute Gasteiger partial charge is 0.233 e. The molecule has 1 heterocycles. The highest BCUT2D eigenvalue weighted by atomic mass is 35.5. The molecule has 1 unspecified atom stereocenters. The number of aromatic nitrogens is 2. The molecule has 2 aromatic rings. The molecule has 0 aliphatic rings. The number of nitrogens with zero attached hydrogens (tertiary/aromatic N) is 2. The molecular weight excluding hydrogens is 377 g/mol. The van der Waals surface area contributed by atoms with Crippen molar-refractivity contribution in [3.05, 3.63) is 42.2 Å². The Kier molecular flexibility index (Phi) is 9.16. The van der Waals surface area contributed by atoms with Crippen molar-refractivity contribution >= 4 is 18.2 Å². The maximum absolute atomic E-state index is 13.1. The lowest BCUT2D eigenvalue weighted by atomic mass is 10.1. The summed E-state index contributed by atoms with van der Waals surface area (Å²) in [7, 11) is 0. The van der Waals surface area contributed by atoms with E-state index in [-0.39, 0.29) is 31.4 Å². The molecule has 1 aromatic carbocycles. The van der Waals surface area contributed by atoms with Gasteiger partial charge in [-0.2, -0.15) is 0 Å². The summed E-state index contributed by atoms with van der Waals surface area (Å²) in [4.78, 5) is 0. The number of halogens is 2. The summed E-state index contributed by atoms with van der Waals surface area (Å²) in [6.07, 6.45) is -0.757. The van der Waals surface area contributed by atoms with Gasteiger partial charge in [0, 0.05) is 24.2 Å². The van der Waals surface area contributed by atoms with Crippen LogP contribution in [0.1, 0.15) is 13.8 Å². The van der Waals surface area contributed by atoms with Gasteiger partial charge in [0.15, 0.2) is 5.82 Å². The van der Waals surface area contributed by atoms with E-state index in [9.17, 15) is 9.50 Å². The SMILES string of the molecule is CC(C)(COc1ccc(NN)nn1)NCC(O)COc1cccc(F)c1.Cl. The number of hydrazine groups is 1. The van der Waals surface area contributed by atoms with Gasteiger partial charge in [-0.25, -0.2) is 10.2 Å². The summed E-state index contributed by atoms with van der Waals surface area (Å²) in [5.74, 6) is 6.03. The van der Waals surface area contributed by atoms with Gasteiger partial charge in [-0.3, -0.25) is 0 Å². The average molecular weight is 402 g/mol. The van der Waals surface area contributed by atoms with Gasteiger partial charge >= 0.3 is 0 Å². The number of rotatable bonds is 10. The molecule has 5 N–H and O–H groups in total. The van der Waals surface area contributed by atoms with Crippen molar-refractivity contribution in [2.24, 2.45) is 5.84 Å². The molecule has 0 spiro atoms. The van der Waals surface area contributed by atoms with Crippen LogP contribution in [0.2, 0.25) is 0 Å². The second kappa shape index (κ2) is 10.8. The molecule has 0 saturated heterocycles. The zero-order valence-corrected chi connectivity index (χ0v) is 16.0. The van der Waals surface area contributed by atoms with Crippen molar-refractivity contribution in [2.75, 3.05) is 25.2 Å². The molecule has 1 atom stereocenters. The van der Waals surface area contributed by atoms with E-state index in [1.807, 2.05) is 13.8 Å². The number of aliphatic hydroxyl groups excluding tert-OH is 1. The van der Waals surface area contributed by atoms with E-state index in [1.165, 1.54) is 12.1 Å². The van der Waals surface area contributed by atoms with Crippen LogP contribution >= 0.6 is 12.4 Å². The number of nitrogens with two attached hydrogens (primary N) is 1. The quantitative estimate of drug-likeness (QED) is 0.350. The van der Waals surface area contributed by atoms with E-state index in [4.69, 9.17) is 15.3 Å². The second-order valence-electron chi connectivity index (χ2n) is 6.38. The molecular formula is C17H25ClFN5O3. The number of nitrogen functional groups attached to an aromatic ring is 1. The van der Waals surface area contributed by atoms with Crippen molar-refractivity contribution in [2.45, 2.75) is 25.5 Å². The van der Waals surface area contributed by atoms with E-state index in [1.54, 1.807) is 24.3 Å².